The summed E-state index contributed by atoms with van der Waals surface area (Å²) < 4.78 is 5.40. The normalized spacial score (nSPS) is 27.6. The average molecular weight is 241 g/mol. The van der Waals surface area contributed by atoms with Gasteiger partial charge in [0.1, 0.15) is 6.23 Å². The number of fused-ring (bicyclic) bond motifs is 1. The van der Waals surface area contributed by atoms with Gasteiger partial charge in [0.2, 0.25) is 5.91 Å². The first-order chi connectivity index (χ1) is 7.97. The van der Waals surface area contributed by atoms with Gasteiger partial charge in [0, 0.05) is 24.6 Å². The van der Waals surface area contributed by atoms with Crippen LogP contribution in [0.2, 0.25) is 0 Å². The van der Waals surface area contributed by atoms with Gasteiger partial charge in [-0.1, -0.05) is 0 Å². The Morgan fingerprint density at radius 1 is 1.47 bits per heavy atom. The lowest BCUT2D eigenvalue weighted by atomic mass is 10.1. The lowest BCUT2D eigenvalue weighted by molar-refractivity contribution is -0.156. The predicted molar refractivity (Wildman–Crippen MR) is 53.0 cm³/mol. The topological polar surface area (TPSA) is 104 Å². The molecule has 2 N–H and O–H groups in total. The molecule has 0 spiro atoms. The van der Waals surface area contributed by atoms with Gasteiger partial charge in [-0.2, -0.15) is 0 Å². The second kappa shape index (κ2) is 4.17. The second-order valence-corrected chi connectivity index (χ2v) is 3.98. The van der Waals surface area contributed by atoms with Crippen molar-refractivity contribution in [3.63, 3.8) is 0 Å². The largest absolute Gasteiger partial charge is 0.478 e. The molecule has 2 saturated heterocycles. The Kier molecular flexibility index (Phi) is 2.84. The van der Waals surface area contributed by atoms with E-state index in [9.17, 15) is 14.4 Å². The molecule has 7 nitrogen and oxygen atoms in total. The molecule has 92 valence electrons. The van der Waals surface area contributed by atoms with Crippen molar-refractivity contribution >= 4 is 17.8 Å². The molecule has 0 bridgehead atoms. The number of carboxylic acids is 2. The molecular weight excluding hydrogens is 230 g/mol. The van der Waals surface area contributed by atoms with Crippen LogP contribution >= 0.6 is 0 Å². The standard InChI is InChI=1S/C10H11NO6/c12-7-3-8-11(7)4-6(17-8)1-5(10(15)16)2-9(13)14/h2,6,8H,1,3-4H2,(H,13,14)(H,15,16)/b5-2+. The van der Waals surface area contributed by atoms with Gasteiger partial charge in [0.25, 0.3) is 0 Å². The third-order valence-electron chi connectivity index (χ3n) is 2.79. The van der Waals surface area contributed by atoms with Gasteiger partial charge in [0.15, 0.2) is 0 Å². The van der Waals surface area contributed by atoms with Crippen LogP contribution in [0.1, 0.15) is 12.8 Å². The Labute approximate surface area is 96.3 Å². The Morgan fingerprint density at radius 2 is 2.18 bits per heavy atom. The molecule has 2 unspecified atom stereocenters. The summed E-state index contributed by atoms with van der Waals surface area (Å²) in [6, 6.07) is 0. The number of aliphatic carboxylic acids is 2. The van der Waals surface area contributed by atoms with Crippen LogP contribution in [-0.4, -0.2) is 51.8 Å². The van der Waals surface area contributed by atoms with Crippen LogP contribution in [0.4, 0.5) is 0 Å². The first kappa shape index (κ1) is 11.6. The van der Waals surface area contributed by atoms with Crippen molar-refractivity contribution in [2.45, 2.75) is 25.2 Å². The van der Waals surface area contributed by atoms with Gasteiger partial charge in [-0.25, -0.2) is 9.59 Å². The highest BCUT2D eigenvalue weighted by Gasteiger charge is 2.45. The number of ether oxygens (including phenoxy) is 1. The van der Waals surface area contributed by atoms with Crippen molar-refractivity contribution in [2.75, 3.05) is 6.54 Å². The molecule has 2 aliphatic heterocycles. The minimum Gasteiger partial charge on any atom is -0.478 e. The van der Waals surface area contributed by atoms with E-state index in [2.05, 4.69) is 0 Å². The fourth-order valence-corrected chi connectivity index (χ4v) is 1.97. The number of β-lactam (4-membered cyclic amide) rings is 1. The molecule has 0 aliphatic carbocycles. The molecule has 17 heavy (non-hydrogen) atoms. The van der Waals surface area contributed by atoms with E-state index in [1.165, 1.54) is 4.90 Å². The van der Waals surface area contributed by atoms with Gasteiger partial charge >= 0.3 is 11.9 Å². The van der Waals surface area contributed by atoms with Gasteiger partial charge in [-0.15, -0.1) is 0 Å². The summed E-state index contributed by atoms with van der Waals surface area (Å²) in [5.41, 5.74) is -0.225. The van der Waals surface area contributed by atoms with Crippen LogP contribution in [0.15, 0.2) is 11.6 Å². The van der Waals surface area contributed by atoms with E-state index in [1.807, 2.05) is 0 Å². The van der Waals surface area contributed by atoms with Gasteiger partial charge < -0.3 is 19.8 Å². The Balaban J connectivity index is 1.98. The molecule has 7 heteroatoms. The number of carbonyl (C=O) groups excluding carboxylic acids is 1. The Hall–Kier alpha value is -1.89. The number of hydrogen-bond donors (Lipinski definition) is 2. The van der Waals surface area contributed by atoms with E-state index in [4.69, 9.17) is 14.9 Å². The smallest absolute Gasteiger partial charge is 0.331 e. The summed E-state index contributed by atoms with van der Waals surface area (Å²) in [7, 11) is 0. The molecule has 0 radical (unpaired) electrons. The second-order valence-electron chi connectivity index (χ2n) is 3.98. The monoisotopic (exact) mass is 241 g/mol. The fourth-order valence-electron chi connectivity index (χ4n) is 1.97. The molecule has 0 aromatic rings. The summed E-state index contributed by atoms with van der Waals surface area (Å²) in [5, 5.41) is 17.3. The van der Waals surface area contributed by atoms with E-state index in [0.717, 1.165) is 0 Å². The molecule has 2 atom stereocenters. The minimum absolute atomic E-state index is 0.0120. The summed E-state index contributed by atoms with van der Waals surface area (Å²) in [4.78, 5) is 33.8. The zero-order valence-corrected chi connectivity index (χ0v) is 8.83. The highest BCUT2D eigenvalue weighted by molar-refractivity contribution is 5.94. The maximum atomic E-state index is 11.1. The Bertz CT molecular complexity index is 415. The van der Waals surface area contributed by atoms with Crippen LogP contribution in [0.5, 0.6) is 0 Å². The van der Waals surface area contributed by atoms with Crippen molar-refractivity contribution in [1.82, 2.24) is 4.90 Å². The van der Waals surface area contributed by atoms with E-state index in [-0.39, 0.29) is 24.1 Å². The van der Waals surface area contributed by atoms with Crippen LogP contribution in [0, 0.1) is 0 Å². The molecule has 0 saturated carbocycles. The maximum Gasteiger partial charge on any atom is 0.331 e. The SMILES string of the molecule is O=C(O)/C=C(\CC1CN2C(=O)CC2O1)C(=O)O. The molecule has 2 aliphatic rings. The zero-order valence-electron chi connectivity index (χ0n) is 8.83. The van der Waals surface area contributed by atoms with Crippen molar-refractivity contribution in [1.29, 1.82) is 0 Å². The first-order valence-corrected chi connectivity index (χ1v) is 5.09. The van der Waals surface area contributed by atoms with E-state index in [1.54, 1.807) is 0 Å². The van der Waals surface area contributed by atoms with Gasteiger partial charge in [0.05, 0.1) is 12.5 Å². The molecule has 2 rings (SSSR count). The van der Waals surface area contributed by atoms with Crippen molar-refractivity contribution in [3.05, 3.63) is 11.6 Å². The van der Waals surface area contributed by atoms with Crippen LogP contribution in [-0.2, 0) is 19.1 Å². The molecule has 0 aromatic carbocycles. The van der Waals surface area contributed by atoms with Crippen molar-refractivity contribution in [2.24, 2.45) is 0 Å². The first-order valence-electron chi connectivity index (χ1n) is 5.09. The lowest BCUT2D eigenvalue weighted by Gasteiger charge is -2.31. The van der Waals surface area contributed by atoms with E-state index >= 15 is 0 Å². The number of carboxylic acid groups (broad SMARTS) is 2. The third-order valence-corrected chi connectivity index (χ3v) is 2.79. The molecule has 2 heterocycles. The number of hydrogen-bond acceptors (Lipinski definition) is 4. The van der Waals surface area contributed by atoms with E-state index < -0.39 is 18.0 Å². The summed E-state index contributed by atoms with van der Waals surface area (Å²) in [6.45, 7) is 0.327. The van der Waals surface area contributed by atoms with E-state index in [0.29, 0.717) is 19.0 Å². The highest BCUT2D eigenvalue weighted by atomic mass is 16.5. The molecule has 2 fully saturated rings. The minimum atomic E-state index is -1.31. The van der Waals surface area contributed by atoms with Crippen LogP contribution in [0.3, 0.4) is 0 Å². The highest BCUT2D eigenvalue weighted by Crippen LogP contribution is 2.30. The number of nitrogens with zero attached hydrogens (tertiary/aromatic N) is 1. The van der Waals surface area contributed by atoms with Gasteiger partial charge in [-0.3, -0.25) is 4.79 Å². The molecule has 1 amide bonds. The summed E-state index contributed by atoms with van der Waals surface area (Å²) >= 11 is 0. The summed E-state index contributed by atoms with van der Waals surface area (Å²) in [5.74, 6) is -2.60. The maximum absolute atomic E-state index is 11.1. The van der Waals surface area contributed by atoms with Crippen molar-refractivity contribution in [3.8, 4) is 0 Å². The van der Waals surface area contributed by atoms with Crippen LogP contribution < -0.4 is 0 Å². The average Bonchev–Trinajstić information content (AvgIpc) is 2.53. The predicted octanol–water partition coefficient (Wildman–Crippen LogP) is -0.571. The molecular formula is C10H11NO6. The van der Waals surface area contributed by atoms with Crippen LogP contribution in [0.25, 0.3) is 0 Å². The third kappa shape index (κ3) is 2.28. The number of carbonyl (C=O) groups is 3. The fraction of sp³-hybridized carbons (Fsp3) is 0.500. The lowest BCUT2D eigenvalue weighted by Crippen LogP contribution is -2.48. The Morgan fingerprint density at radius 3 is 2.65 bits per heavy atom. The van der Waals surface area contributed by atoms with Crippen molar-refractivity contribution < 1.29 is 29.3 Å². The zero-order chi connectivity index (χ0) is 12.6. The van der Waals surface area contributed by atoms with Gasteiger partial charge in [-0.05, 0) is 0 Å². The number of amides is 1. The molecule has 0 aromatic heterocycles. The number of rotatable bonds is 4. The summed E-state index contributed by atoms with van der Waals surface area (Å²) in [6.07, 6.45) is 0.271. The quantitative estimate of drug-likeness (QED) is 0.504.